The molecule has 0 atom stereocenters. The molecule has 2 aromatic rings. The second-order valence-electron chi connectivity index (χ2n) is 4.75. The summed E-state index contributed by atoms with van der Waals surface area (Å²) in [6.07, 6.45) is -2.25. The number of anilines is 1. The van der Waals surface area contributed by atoms with Gasteiger partial charge in [0.15, 0.2) is 5.78 Å². The summed E-state index contributed by atoms with van der Waals surface area (Å²) in [5.41, 5.74) is 0.527. The maximum absolute atomic E-state index is 12.4. The van der Waals surface area contributed by atoms with Crippen LogP contribution in [0.1, 0.15) is 15.9 Å². The van der Waals surface area contributed by atoms with Gasteiger partial charge in [-0.2, -0.15) is 13.2 Å². The van der Waals surface area contributed by atoms with Crippen LogP contribution in [0.4, 0.5) is 18.9 Å². The van der Waals surface area contributed by atoms with Gasteiger partial charge in [0.25, 0.3) is 0 Å². The van der Waals surface area contributed by atoms with Gasteiger partial charge in [-0.1, -0.05) is 46.3 Å². The SMILES string of the molecule is O=C(/C=C/c1cccc(Br)c1)c1ccccc1NC(=O)C(F)(F)F. The van der Waals surface area contributed by atoms with E-state index >= 15 is 0 Å². The van der Waals surface area contributed by atoms with Crippen molar-refractivity contribution < 1.29 is 22.8 Å². The van der Waals surface area contributed by atoms with Crippen molar-refractivity contribution in [2.75, 3.05) is 5.32 Å². The summed E-state index contributed by atoms with van der Waals surface area (Å²) in [7, 11) is 0. The summed E-state index contributed by atoms with van der Waals surface area (Å²) in [6, 6.07) is 12.7. The molecule has 0 saturated carbocycles. The van der Waals surface area contributed by atoms with Crippen LogP contribution in [-0.2, 0) is 4.79 Å². The normalized spacial score (nSPS) is 11.5. The third-order valence-corrected chi connectivity index (χ3v) is 3.47. The zero-order valence-electron chi connectivity index (χ0n) is 12.1. The molecule has 0 unspecified atom stereocenters. The van der Waals surface area contributed by atoms with Gasteiger partial charge in [-0.3, -0.25) is 9.59 Å². The minimum absolute atomic E-state index is 0.0265. The van der Waals surface area contributed by atoms with Crippen LogP contribution in [0.25, 0.3) is 6.08 Å². The quantitative estimate of drug-likeness (QED) is 0.592. The first-order valence-corrected chi connectivity index (χ1v) is 7.52. The number of ketones is 1. The van der Waals surface area contributed by atoms with Crippen molar-refractivity contribution in [2.45, 2.75) is 6.18 Å². The van der Waals surface area contributed by atoms with E-state index in [1.807, 2.05) is 6.07 Å². The topological polar surface area (TPSA) is 46.2 Å². The first kappa shape index (κ1) is 17.9. The molecule has 0 saturated heterocycles. The molecule has 0 bridgehead atoms. The van der Waals surface area contributed by atoms with E-state index < -0.39 is 17.9 Å². The number of nitrogens with one attached hydrogen (secondary N) is 1. The molecule has 0 radical (unpaired) electrons. The minimum atomic E-state index is -5.03. The third-order valence-electron chi connectivity index (χ3n) is 2.97. The predicted molar refractivity (Wildman–Crippen MR) is 88.6 cm³/mol. The number of rotatable bonds is 4. The number of halogens is 4. The molecule has 0 aliphatic rings. The van der Waals surface area contributed by atoms with Crippen molar-refractivity contribution in [2.24, 2.45) is 0 Å². The summed E-state index contributed by atoms with van der Waals surface area (Å²) in [6.45, 7) is 0. The summed E-state index contributed by atoms with van der Waals surface area (Å²) >= 11 is 3.30. The fourth-order valence-electron chi connectivity index (χ4n) is 1.87. The van der Waals surface area contributed by atoms with Crippen molar-refractivity contribution in [1.29, 1.82) is 0 Å². The van der Waals surface area contributed by atoms with Crippen molar-refractivity contribution in [3.8, 4) is 0 Å². The first-order valence-electron chi connectivity index (χ1n) is 6.72. The highest BCUT2D eigenvalue weighted by Gasteiger charge is 2.39. The van der Waals surface area contributed by atoms with Crippen LogP contribution in [0.2, 0.25) is 0 Å². The van der Waals surface area contributed by atoms with Crippen molar-refractivity contribution >= 4 is 39.4 Å². The summed E-state index contributed by atoms with van der Waals surface area (Å²) in [4.78, 5) is 23.3. The molecule has 124 valence electrons. The number of hydrogen-bond acceptors (Lipinski definition) is 2. The van der Waals surface area contributed by atoms with Crippen LogP contribution in [0.5, 0.6) is 0 Å². The Morgan fingerprint density at radius 2 is 1.75 bits per heavy atom. The van der Waals surface area contributed by atoms with Gasteiger partial charge in [-0.25, -0.2) is 0 Å². The van der Waals surface area contributed by atoms with Gasteiger partial charge >= 0.3 is 12.1 Å². The van der Waals surface area contributed by atoms with E-state index in [1.54, 1.807) is 23.5 Å². The Balaban J connectivity index is 2.22. The maximum Gasteiger partial charge on any atom is 0.471 e. The Hall–Kier alpha value is -2.41. The van der Waals surface area contributed by atoms with Crippen LogP contribution in [0, 0.1) is 0 Å². The Labute approximate surface area is 144 Å². The number of hydrogen-bond donors (Lipinski definition) is 1. The zero-order chi connectivity index (χ0) is 17.7. The number of para-hydroxylation sites is 1. The Morgan fingerprint density at radius 3 is 2.42 bits per heavy atom. The van der Waals surface area contributed by atoms with E-state index in [0.717, 1.165) is 10.0 Å². The lowest BCUT2D eigenvalue weighted by Crippen LogP contribution is -2.30. The standard InChI is InChI=1S/C17H11BrF3NO2/c18-12-5-3-4-11(10-12)8-9-15(23)13-6-1-2-7-14(13)22-16(24)17(19,20)21/h1-10H,(H,22,24)/b9-8+. The highest BCUT2D eigenvalue weighted by molar-refractivity contribution is 9.10. The monoisotopic (exact) mass is 397 g/mol. The Kier molecular flexibility index (Phi) is 5.56. The molecule has 24 heavy (non-hydrogen) atoms. The molecule has 0 aliphatic carbocycles. The molecule has 2 rings (SSSR count). The lowest BCUT2D eigenvalue weighted by atomic mass is 10.1. The molecule has 1 N–H and O–H groups in total. The lowest BCUT2D eigenvalue weighted by Gasteiger charge is -2.10. The average molecular weight is 398 g/mol. The highest BCUT2D eigenvalue weighted by Crippen LogP contribution is 2.22. The van der Waals surface area contributed by atoms with Gasteiger partial charge < -0.3 is 5.32 Å². The Bertz CT molecular complexity index is 800. The summed E-state index contributed by atoms with van der Waals surface area (Å²) in [5, 5.41) is 1.71. The summed E-state index contributed by atoms with van der Waals surface area (Å²) < 4.78 is 37.9. The number of carbonyl (C=O) groups excluding carboxylic acids is 2. The maximum atomic E-state index is 12.4. The molecule has 0 aliphatic heterocycles. The molecule has 0 aromatic heterocycles. The predicted octanol–water partition coefficient (Wildman–Crippen LogP) is 4.85. The van der Waals surface area contributed by atoms with Crippen LogP contribution >= 0.6 is 15.9 Å². The molecule has 2 aromatic carbocycles. The van der Waals surface area contributed by atoms with Gasteiger partial charge in [0.2, 0.25) is 0 Å². The smallest absolute Gasteiger partial charge is 0.318 e. The Morgan fingerprint density at radius 1 is 1.04 bits per heavy atom. The number of allylic oxidation sites excluding steroid dienone is 1. The molecule has 0 fully saturated rings. The molecule has 0 spiro atoms. The fourth-order valence-corrected chi connectivity index (χ4v) is 2.29. The molecule has 7 heteroatoms. The van der Waals surface area contributed by atoms with Gasteiger partial charge in [0, 0.05) is 10.0 Å². The largest absolute Gasteiger partial charge is 0.471 e. The van der Waals surface area contributed by atoms with Gasteiger partial charge in [0.05, 0.1) is 5.69 Å². The molecular weight excluding hydrogens is 387 g/mol. The van der Waals surface area contributed by atoms with E-state index in [4.69, 9.17) is 0 Å². The van der Waals surface area contributed by atoms with Gasteiger partial charge in [-0.15, -0.1) is 0 Å². The molecule has 3 nitrogen and oxygen atoms in total. The van der Waals surface area contributed by atoms with Crippen molar-refractivity contribution in [1.82, 2.24) is 0 Å². The average Bonchev–Trinajstić information content (AvgIpc) is 2.52. The van der Waals surface area contributed by atoms with Crippen LogP contribution in [0.3, 0.4) is 0 Å². The van der Waals surface area contributed by atoms with Gasteiger partial charge in [0.1, 0.15) is 0 Å². The van der Waals surface area contributed by atoms with E-state index in [2.05, 4.69) is 15.9 Å². The number of benzene rings is 2. The van der Waals surface area contributed by atoms with Crippen LogP contribution in [-0.4, -0.2) is 17.9 Å². The van der Waals surface area contributed by atoms with E-state index in [1.165, 1.54) is 36.4 Å². The van der Waals surface area contributed by atoms with Crippen molar-refractivity contribution in [3.63, 3.8) is 0 Å². The van der Waals surface area contributed by atoms with Crippen molar-refractivity contribution in [3.05, 3.63) is 70.2 Å². The first-order chi connectivity index (χ1) is 11.3. The number of carbonyl (C=O) groups is 2. The minimum Gasteiger partial charge on any atom is -0.318 e. The summed E-state index contributed by atoms with van der Waals surface area (Å²) in [5.74, 6) is -2.65. The number of amides is 1. The van der Waals surface area contributed by atoms with Crippen LogP contribution < -0.4 is 5.32 Å². The zero-order valence-corrected chi connectivity index (χ0v) is 13.7. The highest BCUT2D eigenvalue weighted by atomic mass is 79.9. The van der Waals surface area contributed by atoms with Gasteiger partial charge in [-0.05, 0) is 35.9 Å². The van der Waals surface area contributed by atoms with E-state index in [0.29, 0.717) is 0 Å². The molecule has 0 heterocycles. The second-order valence-corrected chi connectivity index (χ2v) is 5.67. The third kappa shape index (κ3) is 4.79. The molecule has 1 amide bonds. The van der Waals surface area contributed by atoms with E-state index in [-0.39, 0.29) is 11.3 Å². The number of alkyl halides is 3. The molecular formula is C17H11BrF3NO2. The lowest BCUT2D eigenvalue weighted by molar-refractivity contribution is -0.167. The fraction of sp³-hybridized carbons (Fsp3) is 0.0588. The second kappa shape index (κ2) is 7.44. The van der Waals surface area contributed by atoms with Crippen LogP contribution in [0.15, 0.2) is 59.1 Å². The van der Waals surface area contributed by atoms with E-state index in [9.17, 15) is 22.8 Å².